The van der Waals surface area contributed by atoms with Crippen molar-refractivity contribution in [1.82, 2.24) is 15.1 Å². The van der Waals surface area contributed by atoms with Crippen LogP contribution in [0.15, 0.2) is 18.2 Å². The number of nitrogens with zero attached hydrogens (tertiary/aromatic N) is 2. The molecular weight excluding hydrogens is 377 g/mol. The van der Waals surface area contributed by atoms with Crippen molar-refractivity contribution in [3.8, 4) is 0 Å². The van der Waals surface area contributed by atoms with Gasteiger partial charge < -0.3 is 15.0 Å². The molecule has 26 heavy (non-hydrogen) atoms. The number of likely N-dealkylation sites (tertiary alicyclic amines) is 1. The number of nitrogens with one attached hydrogen (secondary N) is 1. The van der Waals surface area contributed by atoms with Gasteiger partial charge in [-0.3, -0.25) is 9.69 Å². The highest BCUT2D eigenvalue weighted by atomic mass is 35.5. The average Bonchev–Trinajstić information content (AvgIpc) is 2.63. The molecule has 1 atom stereocenters. The molecule has 2 heterocycles. The zero-order valence-electron chi connectivity index (χ0n) is 14.9. The van der Waals surface area contributed by atoms with Crippen molar-refractivity contribution in [3.63, 3.8) is 0 Å². The topological polar surface area (TPSA) is 61.9 Å². The van der Waals surface area contributed by atoms with Crippen LogP contribution < -0.4 is 5.32 Å². The molecule has 1 amide bonds. The molecule has 2 fully saturated rings. The maximum absolute atomic E-state index is 12.1. The van der Waals surface area contributed by atoms with E-state index in [9.17, 15) is 9.59 Å². The van der Waals surface area contributed by atoms with E-state index in [1.165, 1.54) is 7.11 Å². The number of halogens is 2. The van der Waals surface area contributed by atoms with Gasteiger partial charge in [-0.15, -0.1) is 12.4 Å². The summed E-state index contributed by atoms with van der Waals surface area (Å²) >= 11 is 6.32. The second-order valence-electron chi connectivity index (χ2n) is 6.59. The molecule has 8 heteroatoms. The van der Waals surface area contributed by atoms with E-state index in [2.05, 4.69) is 10.2 Å². The van der Waals surface area contributed by atoms with Gasteiger partial charge in [-0.1, -0.05) is 11.6 Å². The lowest BCUT2D eigenvalue weighted by Gasteiger charge is -2.41. The number of amides is 1. The quantitative estimate of drug-likeness (QED) is 0.781. The molecule has 0 saturated carbocycles. The van der Waals surface area contributed by atoms with Crippen LogP contribution >= 0.6 is 24.0 Å². The van der Waals surface area contributed by atoms with Gasteiger partial charge in [-0.05, 0) is 43.1 Å². The summed E-state index contributed by atoms with van der Waals surface area (Å²) in [7, 11) is 1.37. The van der Waals surface area contributed by atoms with Crippen molar-refractivity contribution in [2.75, 3.05) is 39.8 Å². The lowest BCUT2D eigenvalue weighted by molar-refractivity contribution is -0.135. The Kier molecular flexibility index (Phi) is 7.70. The third-order valence-electron chi connectivity index (χ3n) is 4.91. The Morgan fingerprint density at radius 2 is 2.19 bits per heavy atom. The highest BCUT2D eigenvalue weighted by molar-refractivity contribution is 6.31. The molecule has 3 rings (SSSR count). The average molecular weight is 402 g/mol. The predicted molar refractivity (Wildman–Crippen MR) is 103 cm³/mol. The highest BCUT2D eigenvalue weighted by Gasteiger charge is 2.30. The lowest BCUT2D eigenvalue weighted by atomic mass is 10.0. The SMILES string of the molecule is COC(=O)c1ccc(Cl)c(CN2CCCC(N3CCNCC3=O)C2)c1.Cl. The summed E-state index contributed by atoms with van der Waals surface area (Å²) in [5.41, 5.74) is 1.42. The Morgan fingerprint density at radius 1 is 1.38 bits per heavy atom. The molecule has 0 bridgehead atoms. The molecular formula is C18H25Cl2N3O3. The number of piperazine rings is 1. The molecule has 0 spiro atoms. The first kappa shape index (κ1) is 21.0. The number of ether oxygens (including phenoxy) is 1. The second-order valence-corrected chi connectivity index (χ2v) is 7.00. The summed E-state index contributed by atoms with van der Waals surface area (Å²) in [6.07, 6.45) is 2.09. The fourth-order valence-electron chi connectivity index (χ4n) is 3.62. The number of hydrogen-bond acceptors (Lipinski definition) is 5. The zero-order chi connectivity index (χ0) is 17.8. The maximum Gasteiger partial charge on any atom is 0.337 e. The number of hydrogen-bond donors (Lipinski definition) is 1. The molecule has 1 aromatic carbocycles. The summed E-state index contributed by atoms with van der Waals surface area (Å²) in [6.45, 7) is 4.54. The van der Waals surface area contributed by atoms with Crippen LogP contribution in [-0.4, -0.2) is 67.6 Å². The fourth-order valence-corrected chi connectivity index (χ4v) is 3.80. The van der Waals surface area contributed by atoms with E-state index in [0.717, 1.165) is 44.6 Å². The van der Waals surface area contributed by atoms with Gasteiger partial charge >= 0.3 is 5.97 Å². The van der Waals surface area contributed by atoms with E-state index < -0.39 is 0 Å². The second kappa shape index (κ2) is 9.55. The van der Waals surface area contributed by atoms with Gasteiger partial charge in [-0.25, -0.2) is 4.79 Å². The summed E-state index contributed by atoms with van der Waals surface area (Å²) in [6, 6.07) is 5.47. The van der Waals surface area contributed by atoms with Crippen LogP contribution in [0.4, 0.5) is 0 Å². The predicted octanol–water partition coefficient (Wildman–Crippen LogP) is 1.94. The Hall–Kier alpha value is -1.34. The van der Waals surface area contributed by atoms with Crippen LogP contribution in [0.2, 0.25) is 5.02 Å². The van der Waals surface area contributed by atoms with Gasteiger partial charge in [0.25, 0.3) is 0 Å². The van der Waals surface area contributed by atoms with Crippen LogP contribution in [-0.2, 0) is 16.1 Å². The Balaban J connectivity index is 0.00000243. The largest absolute Gasteiger partial charge is 0.465 e. The zero-order valence-corrected chi connectivity index (χ0v) is 16.4. The molecule has 1 N–H and O–H groups in total. The summed E-state index contributed by atoms with van der Waals surface area (Å²) in [4.78, 5) is 28.2. The lowest BCUT2D eigenvalue weighted by Crippen LogP contribution is -2.56. The van der Waals surface area contributed by atoms with Crippen molar-refractivity contribution in [1.29, 1.82) is 0 Å². The van der Waals surface area contributed by atoms with Crippen molar-refractivity contribution >= 4 is 35.9 Å². The van der Waals surface area contributed by atoms with Crippen LogP contribution in [0.3, 0.4) is 0 Å². The molecule has 2 saturated heterocycles. The number of rotatable bonds is 4. The number of methoxy groups -OCH3 is 1. The molecule has 1 unspecified atom stereocenters. The molecule has 0 aromatic heterocycles. The van der Waals surface area contributed by atoms with E-state index in [4.69, 9.17) is 16.3 Å². The Morgan fingerprint density at radius 3 is 2.92 bits per heavy atom. The summed E-state index contributed by atoms with van der Waals surface area (Å²) in [5, 5.41) is 3.76. The van der Waals surface area contributed by atoms with E-state index in [-0.39, 0.29) is 30.3 Å². The van der Waals surface area contributed by atoms with Gasteiger partial charge in [0, 0.05) is 37.2 Å². The van der Waals surface area contributed by atoms with Gasteiger partial charge in [-0.2, -0.15) is 0 Å². The third-order valence-corrected chi connectivity index (χ3v) is 5.28. The minimum absolute atomic E-state index is 0. The number of piperidine rings is 1. The summed E-state index contributed by atoms with van der Waals surface area (Å²) < 4.78 is 4.78. The number of carbonyl (C=O) groups excluding carboxylic acids is 2. The minimum Gasteiger partial charge on any atom is -0.465 e. The normalized spacial score (nSPS) is 21.2. The van der Waals surface area contributed by atoms with E-state index in [0.29, 0.717) is 23.7 Å². The molecule has 0 aliphatic carbocycles. The van der Waals surface area contributed by atoms with Gasteiger partial charge in [0.1, 0.15) is 0 Å². The van der Waals surface area contributed by atoms with Gasteiger partial charge in [0.05, 0.1) is 19.2 Å². The fraction of sp³-hybridized carbons (Fsp3) is 0.556. The van der Waals surface area contributed by atoms with Crippen molar-refractivity contribution in [3.05, 3.63) is 34.3 Å². The van der Waals surface area contributed by atoms with E-state index in [1.807, 2.05) is 4.90 Å². The first-order valence-electron chi connectivity index (χ1n) is 8.68. The van der Waals surface area contributed by atoms with Gasteiger partial charge in [0.2, 0.25) is 5.91 Å². The number of carbonyl (C=O) groups is 2. The first-order chi connectivity index (χ1) is 12.1. The van der Waals surface area contributed by atoms with Crippen LogP contribution in [0.25, 0.3) is 0 Å². The number of benzene rings is 1. The van der Waals surface area contributed by atoms with Crippen molar-refractivity contribution < 1.29 is 14.3 Å². The smallest absolute Gasteiger partial charge is 0.337 e. The monoisotopic (exact) mass is 401 g/mol. The minimum atomic E-state index is -0.360. The van der Waals surface area contributed by atoms with Crippen LogP contribution in [0, 0.1) is 0 Å². The summed E-state index contributed by atoms with van der Waals surface area (Å²) in [5.74, 6) is -0.176. The van der Waals surface area contributed by atoms with Crippen LogP contribution in [0.1, 0.15) is 28.8 Å². The molecule has 2 aliphatic rings. The van der Waals surface area contributed by atoms with Gasteiger partial charge in [0.15, 0.2) is 0 Å². The highest BCUT2D eigenvalue weighted by Crippen LogP contribution is 2.23. The Labute approximate surface area is 165 Å². The van der Waals surface area contributed by atoms with Crippen molar-refractivity contribution in [2.24, 2.45) is 0 Å². The maximum atomic E-state index is 12.1. The molecule has 144 valence electrons. The first-order valence-corrected chi connectivity index (χ1v) is 9.05. The van der Waals surface area contributed by atoms with Crippen LogP contribution in [0.5, 0.6) is 0 Å². The third kappa shape index (κ3) is 4.88. The molecule has 6 nitrogen and oxygen atoms in total. The Bertz CT molecular complexity index is 657. The van der Waals surface area contributed by atoms with Crippen molar-refractivity contribution in [2.45, 2.75) is 25.4 Å². The molecule has 0 radical (unpaired) electrons. The number of esters is 1. The standard InChI is InChI=1S/C18H24ClN3O3.ClH/c1-25-18(24)13-4-5-16(19)14(9-13)11-21-7-2-3-15(12-21)22-8-6-20-10-17(22)23;/h4-5,9,15,20H,2-3,6-8,10-12H2,1H3;1H. The molecule has 2 aliphatic heterocycles. The molecule has 1 aromatic rings. The van der Waals surface area contributed by atoms with E-state index >= 15 is 0 Å². The van der Waals surface area contributed by atoms with E-state index in [1.54, 1.807) is 18.2 Å².